The molecule has 0 bridgehead atoms. The van der Waals surface area contributed by atoms with E-state index < -0.39 is 15.9 Å². The van der Waals surface area contributed by atoms with Crippen molar-refractivity contribution in [2.24, 2.45) is 0 Å². The van der Waals surface area contributed by atoms with E-state index in [9.17, 15) is 18.0 Å². The first-order valence-corrected chi connectivity index (χ1v) is 10.7. The molecule has 1 aliphatic heterocycles. The van der Waals surface area contributed by atoms with Gasteiger partial charge in [-0.3, -0.25) is 13.9 Å². The van der Waals surface area contributed by atoms with Gasteiger partial charge < -0.3 is 10.6 Å². The zero-order valence-electron chi connectivity index (χ0n) is 15.2. The summed E-state index contributed by atoms with van der Waals surface area (Å²) in [6, 6.07) is 11.3. The van der Waals surface area contributed by atoms with Crippen LogP contribution in [0.2, 0.25) is 5.02 Å². The van der Waals surface area contributed by atoms with E-state index in [1.165, 1.54) is 29.4 Å². The van der Waals surface area contributed by atoms with Crippen molar-refractivity contribution in [2.45, 2.75) is 19.8 Å². The topological polar surface area (TPSA) is 95.6 Å². The molecule has 2 N–H and O–H groups in total. The van der Waals surface area contributed by atoms with Crippen molar-refractivity contribution >= 4 is 50.5 Å². The number of hydrogen-bond donors (Lipinski definition) is 2. The summed E-state index contributed by atoms with van der Waals surface area (Å²) in [4.78, 5) is 23.8. The van der Waals surface area contributed by atoms with E-state index in [1.54, 1.807) is 24.3 Å². The van der Waals surface area contributed by atoms with Crippen molar-refractivity contribution in [3.63, 3.8) is 0 Å². The van der Waals surface area contributed by atoms with Crippen LogP contribution in [0.3, 0.4) is 0 Å². The van der Waals surface area contributed by atoms with Gasteiger partial charge in [-0.25, -0.2) is 8.42 Å². The van der Waals surface area contributed by atoms with Gasteiger partial charge in [0.2, 0.25) is 15.9 Å². The number of carbonyl (C=O) groups excluding carboxylic acids is 2. The molecule has 2 amide bonds. The standard InChI is InChI=1S/C19H20ClN3O4S/c1-13(24)21-15-5-4-6-16(12-15)22-19(25)14-7-8-17(20)18(11-14)23-9-2-3-10-28(23,26)27/h4-8,11-12H,2-3,9-10H2,1H3,(H,21,24)(H,22,25). The van der Waals surface area contributed by atoms with Gasteiger partial charge in [0, 0.05) is 30.4 Å². The zero-order chi connectivity index (χ0) is 20.3. The largest absolute Gasteiger partial charge is 0.326 e. The van der Waals surface area contributed by atoms with Crippen LogP contribution in [0.25, 0.3) is 0 Å². The maximum absolute atomic E-state index is 12.6. The molecular weight excluding hydrogens is 402 g/mol. The smallest absolute Gasteiger partial charge is 0.255 e. The fourth-order valence-corrected chi connectivity index (χ4v) is 4.90. The number of halogens is 1. The molecule has 1 aliphatic rings. The van der Waals surface area contributed by atoms with E-state index in [2.05, 4.69) is 10.6 Å². The van der Waals surface area contributed by atoms with Gasteiger partial charge in [0.15, 0.2) is 0 Å². The molecule has 1 saturated heterocycles. The van der Waals surface area contributed by atoms with Crippen molar-refractivity contribution in [1.29, 1.82) is 0 Å². The summed E-state index contributed by atoms with van der Waals surface area (Å²) in [5, 5.41) is 5.66. The Balaban J connectivity index is 1.84. The number of anilines is 3. The van der Waals surface area contributed by atoms with Gasteiger partial charge in [-0.1, -0.05) is 17.7 Å². The first-order valence-electron chi connectivity index (χ1n) is 8.75. The van der Waals surface area contributed by atoms with Crippen LogP contribution < -0.4 is 14.9 Å². The second kappa shape index (κ2) is 8.20. The average molecular weight is 422 g/mol. The summed E-state index contributed by atoms with van der Waals surface area (Å²) in [6.07, 6.45) is 1.35. The Labute approximate surface area is 168 Å². The number of nitrogens with zero attached hydrogens (tertiary/aromatic N) is 1. The second-order valence-electron chi connectivity index (χ2n) is 6.48. The Morgan fingerprint density at radius 3 is 2.43 bits per heavy atom. The molecule has 9 heteroatoms. The quantitative estimate of drug-likeness (QED) is 0.789. The van der Waals surface area contributed by atoms with E-state index in [0.717, 1.165) is 6.42 Å². The minimum absolute atomic E-state index is 0.0652. The number of carbonyl (C=O) groups is 2. The molecule has 2 aromatic carbocycles. The average Bonchev–Trinajstić information content (AvgIpc) is 2.62. The summed E-state index contributed by atoms with van der Waals surface area (Å²) >= 11 is 6.21. The summed E-state index contributed by atoms with van der Waals surface area (Å²) in [7, 11) is -3.44. The molecule has 0 unspecified atom stereocenters. The zero-order valence-corrected chi connectivity index (χ0v) is 16.8. The molecule has 7 nitrogen and oxygen atoms in total. The van der Waals surface area contributed by atoms with Crippen molar-refractivity contribution in [3.05, 3.63) is 53.1 Å². The van der Waals surface area contributed by atoms with Crippen LogP contribution in [0.5, 0.6) is 0 Å². The third kappa shape index (κ3) is 4.63. The highest BCUT2D eigenvalue weighted by Gasteiger charge is 2.28. The van der Waals surface area contributed by atoms with Crippen LogP contribution >= 0.6 is 11.6 Å². The van der Waals surface area contributed by atoms with E-state index in [1.807, 2.05) is 0 Å². The monoisotopic (exact) mass is 421 g/mol. The van der Waals surface area contributed by atoms with Crippen molar-refractivity contribution in [1.82, 2.24) is 0 Å². The minimum Gasteiger partial charge on any atom is -0.326 e. The lowest BCUT2D eigenvalue weighted by atomic mass is 10.1. The SMILES string of the molecule is CC(=O)Nc1cccc(NC(=O)c2ccc(Cl)c(N3CCCCS3(=O)=O)c2)c1. The van der Waals surface area contributed by atoms with Crippen molar-refractivity contribution in [2.75, 3.05) is 27.2 Å². The molecule has 148 valence electrons. The number of hydrogen-bond acceptors (Lipinski definition) is 4. The van der Waals surface area contributed by atoms with E-state index >= 15 is 0 Å². The molecule has 0 saturated carbocycles. The van der Waals surface area contributed by atoms with Gasteiger partial charge in [-0.2, -0.15) is 0 Å². The third-order valence-corrected chi connectivity index (χ3v) is 6.44. The Hall–Kier alpha value is -2.58. The highest BCUT2D eigenvalue weighted by molar-refractivity contribution is 7.92. The second-order valence-corrected chi connectivity index (χ2v) is 8.90. The van der Waals surface area contributed by atoms with E-state index in [-0.39, 0.29) is 22.2 Å². The molecule has 0 aromatic heterocycles. The molecule has 1 heterocycles. The van der Waals surface area contributed by atoms with Crippen molar-refractivity contribution in [3.8, 4) is 0 Å². The van der Waals surface area contributed by atoms with Crippen molar-refractivity contribution < 1.29 is 18.0 Å². The Morgan fingerprint density at radius 2 is 1.75 bits per heavy atom. The molecule has 0 aliphatic carbocycles. The molecule has 1 fully saturated rings. The van der Waals surface area contributed by atoms with Gasteiger partial charge in [0.05, 0.1) is 16.5 Å². The van der Waals surface area contributed by atoms with E-state index in [4.69, 9.17) is 11.6 Å². The Bertz CT molecular complexity index is 1020. The summed E-state index contributed by atoms with van der Waals surface area (Å²) in [5.41, 5.74) is 1.64. The van der Waals surface area contributed by atoms with Gasteiger partial charge in [0.1, 0.15) is 0 Å². The number of sulfonamides is 1. The predicted molar refractivity (Wildman–Crippen MR) is 111 cm³/mol. The maximum Gasteiger partial charge on any atom is 0.255 e. The fraction of sp³-hybridized carbons (Fsp3) is 0.263. The molecular formula is C19H20ClN3O4S. The third-order valence-electron chi connectivity index (χ3n) is 4.27. The molecule has 3 rings (SSSR count). The Morgan fingerprint density at radius 1 is 1.04 bits per heavy atom. The lowest BCUT2D eigenvalue weighted by molar-refractivity contribution is -0.114. The van der Waals surface area contributed by atoms with Crippen LogP contribution in [-0.2, 0) is 14.8 Å². The molecule has 0 atom stereocenters. The molecule has 2 aromatic rings. The summed E-state index contributed by atoms with van der Waals surface area (Å²) in [6.45, 7) is 1.74. The lowest BCUT2D eigenvalue weighted by Gasteiger charge is -2.29. The first kappa shape index (κ1) is 20.2. The summed E-state index contributed by atoms with van der Waals surface area (Å²) < 4.78 is 26.0. The Kier molecular flexibility index (Phi) is 5.90. The molecule has 0 spiro atoms. The minimum atomic E-state index is -3.44. The predicted octanol–water partition coefficient (Wildman–Crippen LogP) is 3.48. The van der Waals surface area contributed by atoms with Crippen LogP contribution in [0.15, 0.2) is 42.5 Å². The maximum atomic E-state index is 12.6. The number of amides is 2. The van der Waals surface area contributed by atoms with Gasteiger partial charge in [-0.05, 0) is 49.2 Å². The van der Waals surface area contributed by atoms with Crippen LogP contribution in [0.4, 0.5) is 17.1 Å². The number of nitrogens with one attached hydrogen (secondary N) is 2. The first-order chi connectivity index (χ1) is 13.3. The fourth-order valence-electron chi connectivity index (χ4n) is 2.99. The number of rotatable bonds is 4. The van der Waals surface area contributed by atoms with Crippen LogP contribution in [-0.4, -0.2) is 32.5 Å². The molecule has 28 heavy (non-hydrogen) atoms. The van der Waals surface area contributed by atoms with Gasteiger partial charge in [0.25, 0.3) is 5.91 Å². The highest BCUT2D eigenvalue weighted by atomic mass is 35.5. The van der Waals surface area contributed by atoms with Gasteiger partial charge >= 0.3 is 0 Å². The van der Waals surface area contributed by atoms with Gasteiger partial charge in [-0.15, -0.1) is 0 Å². The van der Waals surface area contributed by atoms with E-state index in [0.29, 0.717) is 30.0 Å². The lowest BCUT2D eigenvalue weighted by Crippen LogP contribution is -2.38. The van der Waals surface area contributed by atoms with Crippen LogP contribution in [0, 0.1) is 0 Å². The van der Waals surface area contributed by atoms with Crippen LogP contribution in [0.1, 0.15) is 30.1 Å². The normalized spacial score (nSPS) is 15.7. The number of benzene rings is 2. The summed E-state index contributed by atoms with van der Waals surface area (Å²) in [5.74, 6) is -0.559. The molecule has 0 radical (unpaired) electrons. The highest BCUT2D eigenvalue weighted by Crippen LogP contribution is 2.32.